The zero-order chi connectivity index (χ0) is 10.6. The van der Waals surface area contributed by atoms with Gasteiger partial charge in [-0.25, -0.2) is 0 Å². The van der Waals surface area contributed by atoms with Crippen LogP contribution in [0, 0.1) is 18.3 Å². The molecule has 0 radical (unpaired) electrons. The van der Waals surface area contributed by atoms with Crippen molar-refractivity contribution in [3.63, 3.8) is 0 Å². The summed E-state index contributed by atoms with van der Waals surface area (Å²) in [7, 11) is 0. The second-order valence-corrected chi connectivity index (χ2v) is 3.87. The molecule has 1 aliphatic heterocycles. The monoisotopic (exact) mass is 195 g/mol. The van der Waals surface area contributed by atoms with E-state index in [2.05, 4.69) is 5.92 Å². The summed E-state index contributed by atoms with van der Waals surface area (Å²) >= 11 is 0. The van der Waals surface area contributed by atoms with Gasteiger partial charge in [0.25, 0.3) is 5.91 Å². The van der Waals surface area contributed by atoms with Crippen LogP contribution >= 0.6 is 0 Å². The third kappa shape index (κ3) is 2.27. The largest absolute Gasteiger partial charge is 0.396 e. The molecule has 1 fully saturated rings. The molecular formula is C11H17NO2. The Balaban J connectivity index is 2.69. The molecule has 1 rings (SSSR count). The lowest BCUT2D eigenvalue weighted by molar-refractivity contribution is -0.130. The highest BCUT2D eigenvalue weighted by atomic mass is 16.3. The topological polar surface area (TPSA) is 40.5 Å². The Bertz CT molecular complexity index is 244. The molecule has 1 N–H and O–H groups in total. The molecule has 3 heteroatoms. The number of likely N-dealkylation sites (tertiary alicyclic amines) is 1. The molecule has 1 amide bonds. The van der Waals surface area contributed by atoms with E-state index in [9.17, 15) is 4.79 Å². The first-order chi connectivity index (χ1) is 6.70. The molecule has 2 unspecified atom stereocenters. The number of terminal acetylenes is 1. The Morgan fingerprint density at radius 1 is 1.71 bits per heavy atom. The van der Waals surface area contributed by atoms with E-state index in [1.807, 2.05) is 6.92 Å². The average Bonchev–Trinajstić information content (AvgIpc) is 2.27. The van der Waals surface area contributed by atoms with Crippen molar-refractivity contribution in [2.75, 3.05) is 13.2 Å². The van der Waals surface area contributed by atoms with E-state index in [1.165, 1.54) is 0 Å². The first-order valence-corrected chi connectivity index (χ1v) is 5.08. The molecule has 0 aromatic carbocycles. The molecule has 1 heterocycles. The van der Waals surface area contributed by atoms with Crippen LogP contribution in [0.3, 0.4) is 0 Å². The van der Waals surface area contributed by atoms with E-state index in [4.69, 9.17) is 11.5 Å². The first kappa shape index (κ1) is 11.1. The molecule has 14 heavy (non-hydrogen) atoms. The number of amides is 1. The molecule has 0 bridgehead atoms. The number of rotatable bonds is 2. The van der Waals surface area contributed by atoms with Crippen LogP contribution < -0.4 is 0 Å². The highest BCUT2D eigenvalue weighted by Crippen LogP contribution is 2.22. The quantitative estimate of drug-likeness (QED) is 0.656. The molecule has 0 aromatic heterocycles. The molecule has 0 saturated carbocycles. The number of carbonyl (C=O) groups is 1. The van der Waals surface area contributed by atoms with Gasteiger partial charge in [0.15, 0.2) is 0 Å². The Morgan fingerprint density at radius 2 is 2.43 bits per heavy atom. The van der Waals surface area contributed by atoms with Crippen LogP contribution in [-0.2, 0) is 4.79 Å². The van der Waals surface area contributed by atoms with Gasteiger partial charge in [0, 0.05) is 19.2 Å². The summed E-state index contributed by atoms with van der Waals surface area (Å²) in [4.78, 5) is 13.1. The van der Waals surface area contributed by atoms with Crippen molar-refractivity contribution in [2.45, 2.75) is 32.2 Å². The summed E-state index contributed by atoms with van der Waals surface area (Å²) in [6, 6.07) is 0.122. The maximum atomic E-state index is 11.4. The smallest absolute Gasteiger partial charge is 0.298 e. The molecule has 0 aliphatic carbocycles. The third-order valence-electron chi connectivity index (χ3n) is 2.88. The number of carbonyl (C=O) groups excluding carboxylic acids is 1. The summed E-state index contributed by atoms with van der Waals surface area (Å²) in [5.41, 5.74) is 0. The number of aliphatic hydroxyl groups excluding tert-OH is 1. The minimum absolute atomic E-state index is 0.110. The summed E-state index contributed by atoms with van der Waals surface area (Å²) in [5.74, 6) is 2.03. The van der Waals surface area contributed by atoms with Crippen LogP contribution in [0.25, 0.3) is 0 Å². The SMILES string of the molecule is C#CC(=O)N1CCCCC1C(C)CO. The minimum Gasteiger partial charge on any atom is -0.396 e. The van der Waals surface area contributed by atoms with Gasteiger partial charge in [-0.2, -0.15) is 0 Å². The van der Waals surface area contributed by atoms with Crippen LogP contribution in [0.5, 0.6) is 0 Å². The second-order valence-electron chi connectivity index (χ2n) is 3.87. The zero-order valence-corrected chi connectivity index (χ0v) is 8.57. The molecule has 0 spiro atoms. The molecule has 0 aromatic rings. The van der Waals surface area contributed by atoms with Crippen LogP contribution in [0.4, 0.5) is 0 Å². The van der Waals surface area contributed by atoms with Gasteiger partial charge in [0.05, 0.1) is 0 Å². The van der Waals surface area contributed by atoms with Crippen molar-refractivity contribution in [1.29, 1.82) is 0 Å². The predicted octanol–water partition coefficient (Wildman–Crippen LogP) is 0.629. The van der Waals surface area contributed by atoms with E-state index in [-0.39, 0.29) is 24.5 Å². The number of piperidine rings is 1. The third-order valence-corrected chi connectivity index (χ3v) is 2.88. The second kappa shape index (κ2) is 5.02. The molecule has 2 atom stereocenters. The lowest BCUT2D eigenvalue weighted by Gasteiger charge is -2.37. The van der Waals surface area contributed by atoms with Gasteiger partial charge < -0.3 is 10.0 Å². The fourth-order valence-electron chi connectivity index (χ4n) is 2.01. The standard InChI is InChI=1S/C11H17NO2/c1-3-11(14)12-7-5-4-6-10(12)9(2)8-13/h1,9-10,13H,4-8H2,2H3. The first-order valence-electron chi connectivity index (χ1n) is 5.08. The normalized spacial score (nSPS) is 24.1. The van der Waals surface area contributed by atoms with E-state index in [1.54, 1.807) is 4.90 Å². The highest BCUT2D eigenvalue weighted by molar-refractivity contribution is 5.93. The van der Waals surface area contributed by atoms with Crippen LogP contribution in [0.15, 0.2) is 0 Å². The van der Waals surface area contributed by atoms with Crippen molar-refractivity contribution in [3.8, 4) is 12.3 Å². The summed E-state index contributed by atoms with van der Waals surface area (Å²) in [6.45, 7) is 2.80. The van der Waals surface area contributed by atoms with E-state index in [0.29, 0.717) is 0 Å². The van der Waals surface area contributed by atoms with Crippen molar-refractivity contribution in [1.82, 2.24) is 4.90 Å². The van der Waals surface area contributed by atoms with Crippen molar-refractivity contribution in [3.05, 3.63) is 0 Å². The van der Waals surface area contributed by atoms with Crippen molar-refractivity contribution in [2.24, 2.45) is 5.92 Å². The van der Waals surface area contributed by atoms with E-state index >= 15 is 0 Å². The van der Waals surface area contributed by atoms with Gasteiger partial charge in [0.2, 0.25) is 0 Å². The Morgan fingerprint density at radius 3 is 3.00 bits per heavy atom. The molecule has 3 nitrogen and oxygen atoms in total. The van der Waals surface area contributed by atoms with Crippen molar-refractivity contribution >= 4 is 5.91 Å². The van der Waals surface area contributed by atoms with E-state index < -0.39 is 0 Å². The Kier molecular flexibility index (Phi) is 3.97. The lowest BCUT2D eigenvalue weighted by Crippen LogP contribution is -2.47. The maximum absolute atomic E-state index is 11.4. The molecule has 1 aliphatic rings. The van der Waals surface area contributed by atoms with Crippen LogP contribution in [0.2, 0.25) is 0 Å². The number of aliphatic hydroxyl groups is 1. The van der Waals surface area contributed by atoms with Gasteiger partial charge in [-0.05, 0) is 31.1 Å². The minimum atomic E-state index is -0.241. The van der Waals surface area contributed by atoms with Gasteiger partial charge in [0.1, 0.15) is 0 Å². The summed E-state index contributed by atoms with van der Waals surface area (Å²) < 4.78 is 0. The molecule has 78 valence electrons. The van der Waals surface area contributed by atoms with Crippen molar-refractivity contribution < 1.29 is 9.90 Å². The Labute approximate surface area is 85.1 Å². The maximum Gasteiger partial charge on any atom is 0.298 e. The van der Waals surface area contributed by atoms with Crippen LogP contribution in [-0.4, -0.2) is 35.1 Å². The van der Waals surface area contributed by atoms with Gasteiger partial charge >= 0.3 is 0 Å². The van der Waals surface area contributed by atoms with Gasteiger partial charge in [-0.15, -0.1) is 6.42 Å². The zero-order valence-electron chi connectivity index (χ0n) is 8.57. The average molecular weight is 195 g/mol. The number of hydrogen-bond donors (Lipinski definition) is 1. The predicted molar refractivity (Wildman–Crippen MR) is 54.4 cm³/mol. The molecule has 1 saturated heterocycles. The number of hydrogen-bond acceptors (Lipinski definition) is 2. The fraction of sp³-hybridized carbons (Fsp3) is 0.727. The van der Waals surface area contributed by atoms with Gasteiger partial charge in [-0.3, -0.25) is 4.79 Å². The van der Waals surface area contributed by atoms with Gasteiger partial charge in [-0.1, -0.05) is 6.92 Å². The summed E-state index contributed by atoms with van der Waals surface area (Å²) in [6.07, 6.45) is 8.19. The molecular weight excluding hydrogens is 178 g/mol. The summed E-state index contributed by atoms with van der Waals surface area (Å²) in [5, 5.41) is 9.07. The Hall–Kier alpha value is -1.01. The fourth-order valence-corrected chi connectivity index (χ4v) is 2.01. The van der Waals surface area contributed by atoms with Crippen LogP contribution in [0.1, 0.15) is 26.2 Å². The highest BCUT2D eigenvalue weighted by Gasteiger charge is 2.29. The lowest BCUT2D eigenvalue weighted by atomic mass is 9.92. The van der Waals surface area contributed by atoms with E-state index in [0.717, 1.165) is 25.8 Å². The number of nitrogens with zero attached hydrogens (tertiary/aromatic N) is 1.